The lowest BCUT2D eigenvalue weighted by atomic mass is 9.47. The van der Waals surface area contributed by atoms with Crippen LogP contribution in [-0.4, -0.2) is 116 Å². The van der Waals surface area contributed by atoms with Gasteiger partial charge in [-0.15, -0.1) is 0 Å². The Labute approximate surface area is 353 Å². The van der Waals surface area contributed by atoms with Gasteiger partial charge in [0.15, 0.2) is 0 Å². The summed E-state index contributed by atoms with van der Waals surface area (Å²) in [4.78, 5) is 52.8. The van der Waals surface area contributed by atoms with E-state index in [1.807, 2.05) is 13.1 Å². The zero-order chi connectivity index (χ0) is 42.4. The lowest BCUT2D eigenvalue weighted by Gasteiger charge is -2.64. The lowest BCUT2D eigenvalue weighted by molar-refractivity contribution is -0.218. The number of fused-ring (bicyclic) bond motifs is 6. The quantitative estimate of drug-likeness (QED) is 0.178. The van der Waals surface area contributed by atoms with Crippen molar-refractivity contribution in [3.63, 3.8) is 0 Å². The summed E-state index contributed by atoms with van der Waals surface area (Å²) in [5.41, 5.74) is 2.31. The number of amides is 1. The van der Waals surface area contributed by atoms with Crippen molar-refractivity contribution in [3.05, 3.63) is 82.6 Å². The fourth-order valence-corrected chi connectivity index (χ4v) is 13.2. The summed E-state index contributed by atoms with van der Waals surface area (Å²) in [5.74, 6) is -0.347. The van der Waals surface area contributed by atoms with Crippen molar-refractivity contribution in [2.45, 2.75) is 107 Å². The number of aliphatic hydroxyl groups is 1. The van der Waals surface area contributed by atoms with E-state index in [1.165, 1.54) is 12.7 Å². The van der Waals surface area contributed by atoms with Gasteiger partial charge in [-0.2, -0.15) is 0 Å². The maximum Gasteiger partial charge on any atom is 0.322 e. The molecular formula is C48H61N5O7. The molecule has 1 spiro atoms. The third kappa shape index (κ3) is 5.48. The van der Waals surface area contributed by atoms with E-state index in [-0.39, 0.29) is 43.2 Å². The number of rotatable bonds is 10. The predicted molar refractivity (Wildman–Crippen MR) is 230 cm³/mol. The highest BCUT2D eigenvalue weighted by Gasteiger charge is 2.78. The summed E-state index contributed by atoms with van der Waals surface area (Å²) in [6.45, 7) is 11.6. The Kier molecular flexibility index (Phi) is 10.0. The number of carbonyl (C=O) groups excluding carboxylic acids is 3. The number of para-hydroxylation sites is 1. The molecule has 9 rings (SSSR count). The molecule has 1 unspecified atom stereocenters. The fourth-order valence-electron chi connectivity index (χ4n) is 13.2. The number of benzene rings is 2. The second-order valence-electron chi connectivity index (χ2n) is 18.2. The second-order valence-corrected chi connectivity index (χ2v) is 18.2. The van der Waals surface area contributed by atoms with Crippen LogP contribution in [0.5, 0.6) is 5.75 Å². The average molecular weight is 820 g/mol. The Morgan fingerprint density at radius 1 is 1.02 bits per heavy atom. The molecule has 1 saturated heterocycles. The SMILES string of the molecule is CCC(=O)NC[C@@]1(O)[C@H](OC(=O)CC)[C@]2(CC)C=CCN3CC[C@@]4(c5cc([C@@]6(C(=O)OC)C[C@@H]7C=C(CC)CN(Cc8c6[nH]c6ccccc86)C7)c(OC)cc5N(C)[C@@H]14)[C@@H]32. The molecule has 6 heterocycles. The van der Waals surface area contributed by atoms with Gasteiger partial charge in [0.05, 0.1) is 26.8 Å². The first-order valence-corrected chi connectivity index (χ1v) is 22.1. The third-order valence-corrected chi connectivity index (χ3v) is 15.5. The number of aromatic amines is 1. The molecule has 1 aliphatic carbocycles. The summed E-state index contributed by atoms with van der Waals surface area (Å²) in [7, 11) is 5.14. The van der Waals surface area contributed by atoms with E-state index in [9.17, 15) is 14.7 Å². The van der Waals surface area contributed by atoms with Crippen molar-refractivity contribution in [1.29, 1.82) is 0 Å². The van der Waals surface area contributed by atoms with Gasteiger partial charge in [0, 0.05) is 96.9 Å². The van der Waals surface area contributed by atoms with Crippen LogP contribution < -0.4 is 15.0 Å². The number of anilines is 1. The van der Waals surface area contributed by atoms with Gasteiger partial charge in [-0.3, -0.25) is 24.2 Å². The van der Waals surface area contributed by atoms with Gasteiger partial charge in [-0.1, -0.05) is 69.7 Å². The number of carbonyl (C=O) groups is 3. The van der Waals surface area contributed by atoms with Crippen molar-refractivity contribution in [1.82, 2.24) is 20.1 Å². The molecule has 12 heteroatoms. The number of methoxy groups -OCH3 is 2. The van der Waals surface area contributed by atoms with E-state index in [1.54, 1.807) is 21.0 Å². The molecule has 320 valence electrons. The smallest absolute Gasteiger partial charge is 0.322 e. The highest BCUT2D eigenvalue weighted by molar-refractivity contribution is 5.94. The molecule has 0 radical (unpaired) electrons. The molecule has 1 amide bonds. The normalized spacial score (nSPS) is 33.8. The predicted octanol–water partition coefficient (Wildman–Crippen LogP) is 5.50. The van der Waals surface area contributed by atoms with Gasteiger partial charge in [-0.05, 0) is 61.4 Å². The van der Waals surface area contributed by atoms with E-state index < -0.39 is 40.0 Å². The Balaban J connectivity index is 1.34. The monoisotopic (exact) mass is 819 g/mol. The number of esters is 2. The van der Waals surface area contributed by atoms with E-state index in [0.717, 1.165) is 71.6 Å². The second kappa shape index (κ2) is 14.8. The Bertz CT molecular complexity index is 2300. The van der Waals surface area contributed by atoms with Crippen molar-refractivity contribution >= 4 is 34.4 Å². The number of ether oxygens (including phenoxy) is 3. The molecule has 12 nitrogen and oxygen atoms in total. The van der Waals surface area contributed by atoms with Gasteiger partial charge in [0.2, 0.25) is 5.91 Å². The van der Waals surface area contributed by atoms with E-state index in [0.29, 0.717) is 31.6 Å². The molecule has 2 fully saturated rings. The van der Waals surface area contributed by atoms with Crippen molar-refractivity contribution in [2.75, 3.05) is 58.9 Å². The van der Waals surface area contributed by atoms with Gasteiger partial charge < -0.3 is 34.5 Å². The molecule has 3 N–H and O–H groups in total. The third-order valence-electron chi connectivity index (χ3n) is 15.5. The molecule has 9 atom stereocenters. The van der Waals surface area contributed by atoms with E-state index in [2.05, 4.69) is 87.4 Å². The number of nitrogens with zero attached hydrogens (tertiary/aromatic N) is 3. The van der Waals surface area contributed by atoms with Gasteiger partial charge >= 0.3 is 11.9 Å². The van der Waals surface area contributed by atoms with Crippen LogP contribution in [0.1, 0.15) is 88.6 Å². The van der Waals surface area contributed by atoms with Crippen molar-refractivity contribution in [3.8, 4) is 5.75 Å². The zero-order valence-electron chi connectivity index (χ0n) is 36.2. The number of H-pyrrole nitrogens is 1. The van der Waals surface area contributed by atoms with Crippen molar-refractivity contribution < 1.29 is 33.7 Å². The first-order chi connectivity index (χ1) is 28.9. The highest BCUT2D eigenvalue weighted by atomic mass is 16.6. The topological polar surface area (TPSA) is 137 Å². The minimum absolute atomic E-state index is 0.0491. The summed E-state index contributed by atoms with van der Waals surface area (Å²) in [5, 5.41) is 17.9. The van der Waals surface area contributed by atoms with Crippen LogP contribution in [0.3, 0.4) is 0 Å². The van der Waals surface area contributed by atoms with Gasteiger partial charge in [-0.25, -0.2) is 0 Å². The molecule has 2 bridgehead atoms. The highest BCUT2D eigenvalue weighted by Crippen LogP contribution is 2.68. The van der Waals surface area contributed by atoms with Crippen LogP contribution in [0.15, 0.2) is 60.2 Å². The standard InChI is InChI=1S/C48H61N5O7/c1-8-29-21-30-24-47(44(56)59-7,40-32(27-52(25-29)26-30)31-15-12-13-16-35(31)50-40)34-22-33-36(23-37(34)58-6)51(5)42-46(33)18-20-53-19-14-17-45(11-4,41(46)53)43(60-39(55)10-3)48(42,57)28-49-38(54)9-2/h12-17,21-23,30,41-43,50,57H,8-11,18-20,24-28H2,1-7H3,(H,49,54)/t30-,41-,42+,43+,45+,46+,47-,48-/m0/s1. The molecule has 1 saturated carbocycles. The first-order valence-electron chi connectivity index (χ1n) is 22.1. The van der Waals surface area contributed by atoms with Crippen LogP contribution in [0, 0.1) is 11.3 Å². The number of aromatic nitrogens is 1. The van der Waals surface area contributed by atoms with E-state index in [4.69, 9.17) is 14.2 Å². The molecule has 1 aromatic heterocycles. The largest absolute Gasteiger partial charge is 0.496 e. The number of nitrogens with one attached hydrogen (secondary N) is 2. The number of hydrogen-bond donors (Lipinski definition) is 3. The van der Waals surface area contributed by atoms with Gasteiger partial charge in [0.1, 0.15) is 22.9 Å². The van der Waals surface area contributed by atoms with Gasteiger partial charge in [0.25, 0.3) is 0 Å². The zero-order valence-corrected chi connectivity index (χ0v) is 36.2. The van der Waals surface area contributed by atoms with E-state index >= 15 is 4.79 Å². The maximum absolute atomic E-state index is 15.3. The summed E-state index contributed by atoms with van der Waals surface area (Å²) >= 11 is 0. The summed E-state index contributed by atoms with van der Waals surface area (Å²) in [6.07, 6.45) is 8.83. The maximum atomic E-state index is 15.3. The fraction of sp³-hybridized carbons (Fsp3) is 0.562. The van der Waals surface area contributed by atoms with Crippen LogP contribution in [-0.2, 0) is 41.2 Å². The Hall–Kier alpha value is -4.65. The summed E-state index contributed by atoms with van der Waals surface area (Å²) < 4.78 is 18.9. The molecule has 60 heavy (non-hydrogen) atoms. The van der Waals surface area contributed by atoms with Crippen LogP contribution in [0.4, 0.5) is 5.69 Å². The Morgan fingerprint density at radius 3 is 2.53 bits per heavy atom. The molecule has 3 aromatic rings. The molecule has 5 aliphatic heterocycles. The molecular weight excluding hydrogens is 759 g/mol. The van der Waals surface area contributed by atoms with Crippen LogP contribution in [0.25, 0.3) is 10.9 Å². The lowest BCUT2D eigenvalue weighted by Crippen LogP contribution is -2.81. The minimum Gasteiger partial charge on any atom is -0.496 e. The van der Waals surface area contributed by atoms with Crippen molar-refractivity contribution in [2.24, 2.45) is 11.3 Å². The summed E-state index contributed by atoms with van der Waals surface area (Å²) in [6, 6.07) is 11.8. The van der Waals surface area contributed by atoms with Crippen LogP contribution >= 0.6 is 0 Å². The molecule has 6 aliphatic rings. The molecule has 2 aromatic carbocycles. The minimum atomic E-state index is -1.72. The average Bonchev–Trinajstić information content (AvgIpc) is 3.92. The first kappa shape index (κ1) is 40.7. The van der Waals surface area contributed by atoms with Crippen LogP contribution in [0.2, 0.25) is 0 Å². The number of likely N-dealkylation sites (N-methyl/N-ethyl adjacent to an activating group) is 1. The number of hydrogen-bond acceptors (Lipinski definition) is 10. The Morgan fingerprint density at radius 2 is 1.82 bits per heavy atom.